The molecule has 0 saturated heterocycles. The normalized spacial score (nSPS) is 10.8. The summed E-state index contributed by atoms with van der Waals surface area (Å²) in [6.07, 6.45) is 0. The predicted molar refractivity (Wildman–Crippen MR) is 67.2 cm³/mol. The molecule has 1 N–H and O–H groups in total. The van der Waals surface area contributed by atoms with Gasteiger partial charge in [-0.15, -0.1) is 0 Å². The highest BCUT2D eigenvalue weighted by atomic mass is 16.2. The first kappa shape index (κ1) is 13.2. The van der Waals surface area contributed by atoms with Gasteiger partial charge in [0.25, 0.3) is 0 Å². The van der Waals surface area contributed by atoms with Gasteiger partial charge in [0.15, 0.2) is 0 Å². The zero-order valence-electron chi connectivity index (χ0n) is 10.8. The average Bonchev–Trinajstić information content (AvgIpc) is 2.27. The number of rotatable bonds is 3. The smallest absolute Gasteiger partial charge is 0.240 e. The summed E-state index contributed by atoms with van der Waals surface area (Å²) in [5.74, 6) is -0.236. The quantitative estimate of drug-likeness (QED) is 0.867. The second kappa shape index (κ2) is 5.01. The van der Waals surface area contributed by atoms with Crippen molar-refractivity contribution in [1.82, 2.24) is 5.32 Å². The van der Waals surface area contributed by atoms with Crippen molar-refractivity contribution in [3.8, 4) is 6.07 Å². The molecule has 0 radical (unpaired) electrons. The van der Waals surface area contributed by atoms with Crippen LogP contribution >= 0.6 is 0 Å². The monoisotopic (exact) mass is 230 g/mol. The number of aryl methyl sites for hydroxylation is 2. The lowest BCUT2D eigenvalue weighted by Crippen LogP contribution is -2.35. The molecule has 17 heavy (non-hydrogen) atoms. The van der Waals surface area contributed by atoms with Crippen molar-refractivity contribution in [3.05, 3.63) is 34.9 Å². The van der Waals surface area contributed by atoms with Gasteiger partial charge < -0.3 is 5.32 Å². The molecule has 0 fully saturated rings. The average molecular weight is 230 g/mol. The van der Waals surface area contributed by atoms with Crippen LogP contribution in [0.5, 0.6) is 0 Å². The molecule has 1 rings (SSSR count). The summed E-state index contributed by atoms with van der Waals surface area (Å²) in [6.45, 7) is 7.75. The van der Waals surface area contributed by atoms with Crippen molar-refractivity contribution < 1.29 is 4.79 Å². The van der Waals surface area contributed by atoms with Crippen LogP contribution in [-0.2, 0) is 11.3 Å². The van der Waals surface area contributed by atoms with E-state index >= 15 is 0 Å². The van der Waals surface area contributed by atoms with E-state index in [9.17, 15) is 4.79 Å². The van der Waals surface area contributed by atoms with Gasteiger partial charge in [-0.2, -0.15) is 5.26 Å². The molecule has 0 spiro atoms. The molecule has 0 heterocycles. The molecule has 0 aromatic heterocycles. The van der Waals surface area contributed by atoms with E-state index in [0.29, 0.717) is 6.54 Å². The third kappa shape index (κ3) is 3.32. The molecule has 0 bridgehead atoms. The number of nitriles is 1. The Hall–Kier alpha value is -1.82. The second-order valence-corrected chi connectivity index (χ2v) is 4.85. The van der Waals surface area contributed by atoms with E-state index in [-0.39, 0.29) is 5.91 Å². The van der Waals surface area contributed by atoms with Gasteiger partial charge in [-0.1, -0.05) is 23.8 Å². The highest BCUT2D eigenvalue weighted by molar-refractivity contribution is 5.84. The molecule has 0 aliphatic rings. The maximum Gasteiger partial charge on any atom is 0.240 e. The Balaban J connectivity index is 2.69. The van der Waals surface area contributed by atoms with Crippen LogP contribution < -0.4 is 5.32 Å². The van der Waals surface area contributed by atoms with E-state index in [1.807, 2.05) is 32.0 Å². The molecule has 0 aliphatic carbocycles. The molecule has 0 atom stereocenters. The van der Waals surface area contributed by atoms with Gasteiger partial charge in [0.1, 0.15) is 5.41 Å². The van der Waals surface area contributed by atoms with Crippen LogP contribution in [0.4, 0.5) is 0 Å². The fourth-order valence-electron chi connectivity index (χ4n) is 1.49. The van der Waals surface area contributed by atoms with Gasteiger partial charge in [0, 0.05) is 6.54 Å². The van der Waals surface area contributed by atoms with Gasteiger partial charge in [-0.05, 0) is 38.8 Å². The van der Waals surface area contributed by atoms with Gasteiger partial charge in [-0.25, -0.2) is 0 Å². The Morgan fingerprint density at radius 2 is 2.06 bits per heavy atom. The first-order chi connectivity index (χ1) is 7.86. The van der Waals surface area contributed by atoms with Crippen LogP contribution in [0.15, 0.2) is 18.2 Å². The highest BCUT2D eigenvalue weighted by Gasteiger charge is 2.26. The number of amides is 1. The number of benzene rings is 1. The molecular weight excluding hydrogens is 212 g/mol. The molecular formula is C14H18N2O. The van der Waals surface area contributed by atoms with Crippen molar-refractivity contribution in [2.75, 3.05) is 0 Å². The molecule has 1 amide bonds. The largest absolute Gasteiger partial charge is 0.351 e. The molecule has 3 nitrogen and oxygen atoms in total. The lowest BCUT2D eigenvalue weighted by Gasteiger charge is -2.15. The van der Waals surface area contributed by atoms with E-state index in [0.717, 1.165) is 11.1 Å². The zero-order chi connectivity index (χ0) is 13.1. The summed E-state index contributed by atoms with van der Waals surface area (Å²) >= 11 is 0. The lowest BCUT2D eigenvalue weighted by atomic mass is 9.94. The summed E-state index contributed by atoms with van der Waals surface area (Å²) in [4.78, 5) is 11.7. The number of nitrogens with zero attached hydrogens (tertiary/aromatic N) is 1. The first-order valence-corrected chi connectivity index (χ1v) is 5.62. The Morgan fingerprint density at radius 1 is 1.41 bits per heavy atom. The highest BCUT2D eigenvalue weighted by Crippen LogP contribution is 2.14. The number of hydrogen-bond donors (Lipinski definition) is 1. The summed E-state index contributed by atoms with van der Waals surface area (Å²) in [5.41, 5.74) is 2.46. The minimum atomic E-state index is -0.974. The standard InChI is InChI=1S/C14H18N2O/c1-10-5-6-12(11(2)7-10)8-16-13(17)14(3,4)9-15/h5-7H,8H2,1-4H3,(H,16,17). The van der Waals surface area contributed by atoms with E-state index in [4.69, 9.17) is 5.26 Å². The lowest BCUT2D eigenvalue weighted by molar-refractivity contribution is -0.126. The molecule has 90 valence electrons. The van der Waals surface area contributed by atoms with Crippen LogP contribution in [0, 0.1) is 30.6 Å². The van der Waals surface area contributed by atoms with Crippen LogP contribution in [0.1, 0.15) is 30.5 Å². The van der Waals surface area contributed by atoms with Gasteiger partial charge in [0.2, 0.25) is 5.91 Å². The maximum absolute atomic E-state index is 11.7. The topological polar surface area (TPSA) is 52.9 Å². The SMILES string of the molecule is Cc1ccc(CNC(=O)C(C)(C)C#N)c(C)c1. The number of hydrogen-bond acceptors (Lipinski definition) is 2. The second-order valence-electron chi connectivity index (χ2n) is 4.85. The fourth-order valence-corrected chi connectivity index (χ4v) is 1.49. The minimum Gasteiger partial charge on any atom is -0.351 e. The number of nitrogens with one attached hydrogen (secondary N) is 1. The predicted octanol–water partition coefficient (Wildman–Crippen LogP) is 2.47. The minimum absolute atomic E-state index is 0.236. The molecule has 0 aliphatic heterocycles. The number of carbonyl (C=O) groups is 1. The van der Waals surface area contributed by atoms with E-state index < -0.39 is 5.41 Å². The third-order valence-electron chi connectivity index (χ3n) is 2.78. The number of carbonyl (C=O) groups excluding carboxylic acids is 1. The van der Waals surface area contributed by atoms with Crippen LogP contribution in [0.25, 0.3) is 0 Å². The Bertz CT molecular complexity index is 470. The van der Waals surface area contributed by atoms with Gasteiger partial charge in [-0.3, -0.25) is 4.79 Å². The Labute approximate surface area is 102 Å². The molecule has 0 saturated carbocycles. The van der Waals surface area contributed by atoms with E-state index in [1.54, 1.807) is 13.8 Å². The van der Waals surface area contributed by atoms with Crippen molar-refractivity contribution >= 4 is 5.91 Å². The summed E-state index contributed by atoms with van der Waals surface area (Å²) in [6, 6.07) is 8.09. The Morgan fingerprint density at radius 3 is 2.59 bits per heavy atom. The summed E-state index contributed by atoms with van der Waals surface area (Å²) in [5, 5.41) is 11.6. The first-order valence-electron chi connectivity index (χ1n) is 5.62. The molecule has 3 heteroatoms. The van der Waals surface area contributed by atoms with Crippen LogP contribution in [-0.4, -0.2) is 5.91 Å². The van der Waals surface area contributed by atoms with E-state index in [1.165, 1.54) is 5.56 Å². The van der Waals surface area contributed by atoms with Crippen molar-refractivity contribution in [3.63, 3.8) is 0 Å². The van der Waals surface area contributed by atoms with Crippen molar-refractivity contribution in [2.45, 2.75) is 34.2 Å². The molecule has 1 aromatic carbocycles. The van der Waals surface area contributed by atoms with Crippen molar-refractivity contribution in [1.29, 1.82) is 5.26 Å². The summed E-state index contributed by atoms with van der Waals surface area (Å²) < 4.78 is 0. The van der Waals surface area contributed by atoms with Gasteiger partial charge in [0.05, 0.1) is 6.07 Å². The zero-order valence-corrected chi connectivity index (χ0v) is 10.8. The fraction of sp³-hybridized carbons (Fsp3) is 0.429. The summed E-state index contributed by atoms with van der Waals surface area (Å²) in [7, 11) is 0. The van der Waals surface area contributed by atoms with Crippen molar-refractivity contribution in [2.24, 2.45) is 5.41 Å². The third-order valence-corrected chi connectivity index (χ3v) is 2.78. The van der Waals surface area contributed by atoms with Crippen LogP contribution in [0.3, 0.4) is 0 Å². The Kier molecular flexibility index (Phi) is 3.90. The van der Waals surface area contributed by atoms with Gasteiger partial charge >= 0.3 is 0 Å². The van der Waals surface area contributed by atoms with E-state index in [2.05, 4.69) is 11.4 Å². The molecule has 1 aromatic rings. The molecule has 0 unspecified atom stereocenters. The van der Waals surface area contributed by atoms with Crippen LogP contribution in [0.2, 0.25) is 0 Å². The maximum atomic E-state index is 11.7.